The van der Waals surface area contributed by atoms with Gasteiger partial charge in [-0.3, -0.25) is 9.59 Å². The van der Waals surface area contributed by atoms with E-state index in [0.717, 1.165) is 42.9 Å². The first kappa shape index (κ1) is 30.7. The Hall–Kier alpha value is -3.93. The Labute approximate surface area is 263 Å². The fourth-order valence-electron chi connectivity index (χ4n) is 7.96. The first-order chi connectivity index (χ1) is 21.9. The molecule has 4 fully saturated rings. The van der Waals surface area contributed by atoms with E-state index in [1.165, 1.54) is 7.11 Å². The number of benzene rings is 2. The number of halogens is 4. The Morgan fingerprint density at radius 3 is 2.54 bits per heavy atom. The Morgan fingerprint density at radius 2 is 1.83 bits per heavy atom. The Kier molecular flexibility index (Phi) is 7.61. The smallest absolute Gasteiger partial charge is 0.419 e. The molecule has 0 saturated heterocycles. The molecule has 5 unspecified atom stereocenters. The van der Waals surface area contributed by atoms with Crippen LogP contribution in [0, 0.1) is 42.3 Å². The molecule has 3 N–H and O–H groups in total. The van der Waals surface area contributed by atoms with Crippen LogP contribution in [0.2, 0.25) is 0 Å². The van der Waals surface area contributed by atoms with Crippen LogP contribution in [0.5, 0.6) is 5.75 Å². The largest absolute Gasteiger partial charge is 0.496 e. The molecular weight excluding hydrogens is 606 g/mol. The number of aliphatic hydroxyl groups excluding tert-OH is 1. The van der Waals surface area contributed by atoms with Gasteiger partial charge in [0.15, 0.2) is 0 Å². The van der Waals surface area contributed by atoms with Gasteiger partial charge in [0, 0.05) is 35.5 Å². The quantitative estimate of drug-likeness (QED) is 0.263. The number of allylic oxidation sites excluding steroid dienone is 1. The van der Waals surface area contributed by atoms with Gasteiger partial charge in [0.1, 0.15) is 17.7 Å². The minimum atomic E-state index is -4.92. The molecule has 1 aliphatic heterocycles. The maximum atomic E-state index is 14.1. The maximum Gasteiger partial charge on any atom is 0.419 e. The summed E-state index contributed by atoms with van der Waals surface area (Å²) in [7, 11) is 1.47. The zero-order chi connectivity index (χ0) is 32.5. The highest BCUT2D eigenvalue weighted by atomic mass is 19.4. The lowest BCUT2D eigenvalue weighted by atomic mass is 9.83. The summed E-state index contributed by atoms with van der Waals surface area (Å²) in [6, 6.07) is 5.23. The third-order valence-corrected chi connectivity index (χ3v) is 10.3. The highest BCUT2D eigenvalue weighted by Gasteiger charge is 2.55. The van der Waals surface area contributed by atoms with Crippen LogP contribution < -0.4 is 15.4 Å². The molecule has 244 valence electrons. The molecule has 4 saturated carbocycles. The van der Waals surface area contributed by atoms with Crippen molar-refractivity contribution in [3.05, 3.63) is 70.1 Å². The molecule has 0 radical (unpaired) electrons. The normalized spacial score (nSPS) is 30.6. The molecule has 46 heavy (non-hydrogen) atoms. The second-order valence-corrected chi connectivity index (χ2v) is 13.2. The summed E-state index contributed by atoms with van der Waals surface area (Å²) in [6.45, 7) is 1.88. The number of anilines is 1. The van der Waals surface area contributed by atoms with E-state index in [-0.39, 0.29) is 35.1 Å². The van der Waals surface area contributed by atoms with E-state index in [2.05, 4.69) is 21.9 Å². The SMILES string of the molecule is COc1cc(C)c(C2=NOC3CC(O)CC23)cc1C(=O)N[C@@H]1C2CCC(/C2=C/C2CC2)[C@@H]1C(=O)Nc1ccc(F)c(C(F)(F)F)c1. The van der Waals surface area contributed by atoms with E-state index in [4.69, 9.17) is 9.57 Å². The minimum Gasteiger partial charge on any atom is -0.496 e. The van der Waals surface area contributed by atoms with E-state index < -0.39 is 47.4 Å². The molecule has 12 heteroatoms. The second kappa shape index (κ2) is 11.4. The molecule has 0 spiro atoms. The van der Waals surface area contributed by atoms with Crippen molar-refractivity contribution in [1.29, 1.82) is 0 Å². The van der Waals surface area contributed by atoms with Crippen LogP contribution in [0.3, 0.4) is 0 Å². The summed E-state index contributed by atoms with van der Waals surface area (Å²) in [5.41, 5.74) is 1.93. The number of oxime groups is 1. The number of ether oxygens (including phenoxy) is 1. The van der Waals surface area contributed by atoms with Crippen LogP contribution in [0.4, 0.5) is 23.2 Å². The van der Waals surface area contributed by atoms with Gasteiger partial charge in [-0.2, -0.15) is 13.2 Å². The average Bonchev–Trinajstić information content (AvgIpc) is 3.29. The van der Waals surface area contributed by atoms with Crippen molar-refractivity contribution in [3.63, 3.8) is 0 Å². The molecule has 7 rings (SSSR count). The Balaban J connectivity index is 1.18. The topological polar surface area (TPSA) is 109 Å². The molecule has 2 bridgehead atoms. The predicted octanol–water partition coefficient (Wildman–Crippen LogP) is 5.76. The van der Waals surface area contributed by atoms with E-state index in [9.17, 15) is 32.3 Å². The number of carbonyl (C=O) groups excluding carboxylic acids is 2. The number of fused-ring (bicyclic) bond motifs is 3. The van der Waals surface area contributed by atoms with Gasteiger partial charge in [-0.15, -0.1) is 0 Å². The Bertz CT molecular complexity index is 1650. The number of carbonyl (C=O) groups is 2. The van der Waals surface area contributed by atoms with Crippen LogP contribution >= 0.6 is 0 Å². The number of aryl methyl sites for hydroxylation is 1. The standard InChI is InChI=1S/C34H35F4N3O5/c1-15-9-27(45-2)24(14-21(15)30-23-12-18(42)13-28(23)46-41-30)32(43)40-31-20-7-6-19(22(20)10-16-3-4-16)29(31)33(44)39-17-5-8-26(35)25(11-17)34(36,37)38/h5,8-11,14,16,18-20,23,28-29,31,42H,3-4,6-7,12-13H2,1-2H3,(H,39,44)(H,40,43)/b22-10-/t18?,19?,20?,23?,28?,29-,31+/m0/s1. The van der Waals surface area contributed by atoms with E-state index in [1.54, 1.807) is 12.1 Å². The molecule has 2 amide bonds. The summed E-state index contributed by atoms with van der Waals surface area (Å²) >= 11 is 0. The summed E-state index contributed by atoms with van der Waals surface area (Å²) < 4.78 is 59.7. The highest BCUT2D eigenvalue weighted by Crippen LogP contribution is 2.54. The van der Waals surface area contributed by atoms with Gasteiger partial charge in [0.25, 0.3) is 5.91 Å². The molecule has 0 aromatic heterocycles. The first-order valence-corrected chi connectivity index (χ1v) is 15.7. The van der Waals surface area contributed by atoms with Gasteiger partial charge < -0.3 is 25.3 Å². The predicted molar refractivity (Wildman–Crippen MR) is 160 cm³/mol. The van der Waals surface area contributed by atoms with Crippen LogP contribution in [0.1, 0.15) is 65.6 Å². The zero-order valence-electron chi connectivity index (χ0n) is 25.4. The number of amides is 2. The summed E-state index contributed by atoms with van der Waals surface area (Å²) in [6.07, 6.45) is 1.17. The number of nitrogens with zero attached hydrogens (tertiary/aromatic N) is 1. The number of methoxy groups -OCH3 is 1. The van der Waals surface area contributed by atoms with Crippen LogP contribution in [0.25, 0.3) is 0 Å². The fraction of sp³-hybridized carbons (Fsp3) is 0.500. The molecular formula is C34H35F4N3O5. The number of nitrogens with one attached hydrogen (secondary N) is 2. The van der Waals surface area contributed by atoms with Crippen LogP contribution in [-0.4, -0.2) is 48.0 Å². The van der Waals surface area contributed by atoms with Gasteiger partial charge in [-0.1, -0.05) is 16.8 Å². The molecule has 4 aliphatic carbocycles. The molecule has 2 aromatic carbocycles. The van der Waals surface area contributed by atoms with Crippen molar-refractivity contribution in [2.24, 2.45) is 34.7 Å². The van der Waals surface area contributed by atoms with Crippen molar-refractivity contribution >= 4 is 23.2 Å². The monoisotopic (exact) mass is 641 g/mol. The maximum absolute atomic E-state index is 14.1. The number of hydrogen-bond donors (Lipinski definition) is 3. The van der Waals surface area contributed by atoms with E-state index in [1.807, 2.05) is 6.92 Å². The van der Waals surface area contributed by atoms with Crippen molar-refractivity contribution in [3.8, 4) is 5.75 Å². The Morgan fingerprint density at radius 1 is 1.07 bits per heavy atom. The van der Waals surface area contributed by atoms with Crippen molar-refractivity contribution < 1.29 is 41.8 Å². The fourth-order valence-corrected chi connectivity index (χ4v) is 7.96. The molecule has 8 nitrogen and oxygen atoms in total. The van der Waals surface area contributed by atoms with Gasteiger partial charge in [0.2, 0.25) is 5.91 Å². The number of hydrogen-bond acceptors (Lipinski definition) is 6. The molecule has 1 heterocycles. The summed E-state index contributed by atoms with van der Waals surface area (Å²) in [5.74, 6) is -2.77. The van der Waals surface area contributed by atoms with Crippen LogP contribution in [-0.2, 0) is 15.8 Å². The van der Waals surface area contributed by atoms with Gasteiger partial charge in [-0.05, 0) is 86.8 Å². The average molecular weight is 642 g/mol. The molecule has 7 atom stereocenters. The molecule has 2 aromatic rings. The van der Waals surface area contributed by atoms with Gasteiger partial charge in [0.05, 0.1) is 36.0 Å². The van der Waals surface area contributed by atoms with Gasteiger partial charge in [-0.25, -0.2) is 4.39 Å². The summed E-state index contributed by atoms with van der Waals surface area (Å²) in [4.78, 5) is 33.5. The zero-order valence-corrected chi connectivity index (χ0v) is 25.4. The van der Waals surface area contributed by atoms with Gasteiger partial charge >= 0.3 is 6.18 Å². The second-order valence-electron chi connectivity index (χ2n) is 13.2. The van der Waals surface area contributed by atoms with Crippen molar-refractivity contribution in [1.82, 2.24) is 5.32 Å². The lowest BCUT2D eigenvalue weighted by molar-refractivity contribution is -0.140. The molecule has 5 aliphatic rings. The minimum absolute atomic E-state index is 0.101. The third-order valence-electron chi connectivity index (χ3n) is 10.3. The lowest BCUT2D eigenvalue weighted by Gasteiger charge is -2.30. The van der Waals surface area contributed by atoms with Crippen LogP contribution in [0.15, 0.2) is 47.1 Å². The van der Waals surface area contributed by atoms with E-state index in [0.29, 0.717) is 47.9 Å². The first-order valence-electron chi connectivity index (χ1n) is 15.7. The number of rotatable bonds is 7. The number of alkyl halides is 3. The highest BCUT2D eigenvalue weighted by molar-refractivity contribution is 6.07. The third kappa shape index (κ3) is 5.44. The lowest BCUT2D eigenvalue weighted by Crippen LogP contribution is -2.48. The van der Waals surface area contributed by atoms with Crippen molar-refractivity contribution in [2.45, 2.75) is 69.9 Å². The van der Waals surface area contributed by atoms with Crippen molar-refractivity contribution in [2.75, 3.05) is 12.4 Å². The van der Waals surface area contributed by atoms with E-state index >= 15 is 0 Å². The number of aliphatic hydroxyl groups is 1. The summed E-state index contributed by atoms with van der Waals surface area (Å²) in [5, 5.41) is 20.2.